The van der Waals surface area contributed by atoms with Gasteiger partial charge in [-0.2, -0.15) is 13.2 Å². The van der Waals surface area contributed by atoms with E-state index in [0.29, 0.717) is 0 Å². The van der Waals surface area contributed by atoms with E-state index < -0.39 is 11.9 Å². The summed E-state index contributed by atoms with van der Waals surface area (Å²) in [6, 6.07) is 2.52. The number of nitrogen functional groups attached to an aromatic ring is 1. The van der Waals surface area contributed by atoms with Gasteiger partial charge in [-0.05, 0) is 11.6 Å². The monoisotopic (exact) mass is 227 g/mol. The Labute approximate surface area is 84.7 Å². The lowest BCUT2D eigenvalue weighted by molar-refractivity contribution is -0.141. The number of halogens is 4. The number of nitrogens with two attached hydrogens (primary N) is 2. The van der Waals surface area contributed by atoms with Crippen LogP contribution in [0.5, 0.6) is 0 Å². The van der Waals surface area contributed by atoms with Crippen LogP contribution < -0.4 is 11.5 Å². The Bertz CT molecular complexity index is 314. The highest BCUT2D eigenvalue weighted by molar-refractivity contribution is 5.85. The Hall–Kier alpha value is -1.01. The number of aromatic nitrogens is 1. The maximum Gasteiger partial charge on any atom is 0.433 e. The van der Waals surface area contributed by atoms with Gasteiger partial charge in [-0.1, -0.05) is 6.07 Å². The second-order valence-corrected chi connectivity index (χ2v) is 2.45. The molecule has 1 aromatic heterocycles. The molecule has 0 aliphatic rings. The van der Waals surface area contributed by atoms with Crippen molar-refractivity contribution in [2.24, 2.45) is 5.73 Å². The third-order valence-corrected chi connectivity index (χ3v) is 1.49. The van der Waals surface area contributed by atoms with E-state index in [1.807, 2.05) is 0 Å². The van der Waals surface area contributed by atoms with Crippen LogP contribution in [0.15, 0.2) is 12.1 Å². The zero-order valence-electron chi connectivity index (χ0n) is 7.01. The summed E-state index contributed by atoms with van der Waals surface area (Å²) in [6.45, 7) is -0.206. The molecule has 1 rings (SSSR count). The molecule has 1 heterocycles. The van der Waals surface area contributed by atoms with Crippen LogP contribution in [0.1, 0.15) is 11.3 Å². The Balaban J connectivity index is 0.00000169. The lowest BCUT2D eigenvalue weighted by Gasteiger charge is -2.10. The SMILES string of the molecule is Cl.NCc1ccc(N)nc1C(F)(F)F. The summed E-state index contributed by atoms with van der Waals surface area (Å²) in [4.78, 5) is 3.19. The summed E-state index contributed by atoms with van der Waals surface area (Å²) in [7, 11) is 0. The molecule has 0 aromatic carbocycles. The van der Waals surface area contributed by atoms with Gasteiger partial charge < -0.3 is 11.5 Å². The van der Waals surface area contributed by atoms with Gasteiger partial charge in [-0.3, -0.25) is 0 Å². The minimum Gasteiger partial charge on any atom is -0.384 e. The average Bonchev–Trinajstić information content (AvgIpc) is 2.03. The highest BCUT2D eigenvalue weighted by atomic mass is 35.5. The average molecular weight is 228 g/mol. The van der Waals surface area contributed by atoms with Crippen molar-refractivity contribution in [3.63, 3.8) is 0 Å². The molecule has 0 amide bonds. The van der Waals surface area contributed by atoms with Crippen molar-refractivity contribution in [3.8, 4) is 0 Å². The van der Waals surface area contributed by atoms with E-state index in [1.165, 1.54) is 12.1 Å². The van der Waals surface area contributed by atoms with E-state index in [9.17, 15) is 13.2 Å². The van der Waals surface area contributed by atoms with Crippen LogP contribution in [-0.4, -0.2) is 4.98 Å². The van der Waals surface area contributed by atoms with Gasteiger partial charge in [0.25, 0.3) is 0 Å². The first kappa shape index (κ1) is 13.0. The first-order valence-electron chi connectivity index (χ1n) is 3.48. The number of hydrogen-bond donors (Lipinski definition) is 2. The molecule has 3 nitrogen and oxygen atoms in total. The van der Waals surface area contributed by atoms with E-state index in [0.717, 1.165) is 0 Å². The third-order valence-electron chi connectivity index (χ3n) is 1.49. The molecule has 0 aliphatic carbocycles. The highest BCUT2D eigenvalue weighted by Crippen LogP contribution is 2.30. The van der Waals surface area contributed by atoms with Crippen LogP contribution >= 0.6 is 12.4 Å². The molecule has 7 heteroatoms. The quantitative estimate of drug-likeness (QED) is 0.765. The maximum absolute atomic E-state index is 12.2. The van der Waals surface area contributed by atoms with E-state index >= 15 is 0 Å². The zero-order valence-corrected chi connectivity index (χ0v) is 7.82. The zero-order chi connectivity index (χ0) is 10.1. The van der Waals surface area contributed by atoms with Crippen molar-refractivity contribution in [2.75, 3.05) is 5.73 Å². The number of nitrogens with zero attached hydrogens (tertiary/aromatic N) is 1. The fourth-order valence-corrected chi connectivity index (χ4v) is 0.913. The summed E-state index contributed by atoms with van der Waals surface area (Å²) in [5.41, 5.74) is 9.18. The largest absolute Gasteiger partial charge is 0.433 e. The summed E-state index contributed by atoms with van der Waals surface area (Å²) in [5, 5.41) is 0. The second kappa shape index (κ2) is 4.47. The highest BCUT2D eigenvalue weighted by Gasteiger charge is 2.35. The first-order chi connectivity index (χ1) is 5.95. The third kappa shape index (κ3) is 2.74. The van der Waals surface area contributed by atoms with Gasteiger partial charge in [0, 0.05) is 6.54 Å². The van der Waals surface area contributed by atoms with Crippen LogP contribution in [0.2, 0.25) is 0 Å². The van der Waals surface area contributed by atoms with Crippen LogP contribution in [0.3, 0.4) is 0 Å². The minimum absolute atomic E-state index is 0. The van der Waals surface area contributed by atoms with Gasteiger partial charge in [-0.25, -0.2) is 4.98 Å². The lowest BCUT2D eigenvalue weighted by atomic mass is 10.2. The van der Waals surface area contributed by atoms with E-state index in [4.69, 9.17) is 11.5 Å². The van der Waals surface area contributed by atoms with E-state index in [1.54, 1.807) is 0 Å². The van der Waals surface area contributed by atoms with Gasteiger partial charge in [0.2, 0.25) is 0 Å². The normalized spacial score (nSPS) is 10.9. The molecule has 0 atom stereocenters. The summed E-state index contributed by atoms with van der Waals surface area (Å²) in [6.07, 6.45) is -4.50. The van der Waals surface area contributed by atoms with Crippen LogP contribution in [0.4, 0.5) is 19.0 Å². The van der Waals surface area contributed by atoms with Crippen molar-refractivity contribution < 1.29 is 13.2 Å². The Kier molecular flexibility index (Phi) is 4.15. The number of anilines is 1. The van der Waals surface area contributed by atoms with Crippen molar-refractivity contribution in [1.29, 1.82) is 0 Å². The summed E-state index contributed by atoms with van der Waals surface area (Å²) in [5.74, 6) is -0.162. The number of hydrogen-bond acceptors (Lipinski definition) is 3. The first-order valence-corrected chi connectivity index (χ1v) is 3.48. The molecule has 0 bridgehead atoms. The molecule has 80 valence electrons. The number of rotatable bonds is 1. The van der Waals surface area contributed by atoms with Crippen molar-refractivity contribution in [2.45, 2.75) is 12.7 Å². The molecular weight excluding hydrogens is 219 g/mol. The molecule has 0 radical (unpaired) electrons. The van der Waals surface area contributed by atoms with E-state index in [2.05, 4.69) is 4.98 Å². The minimum atomic E-state index is -4.50. The second-order valence-electron chi connectivity index (χ2n) is 2.45. The maximum atomic E-state index is 12.2. The summed E-state index contributed by atoms with van der Waals surface area (Å²) >= 11 is 0. The molecule has 0 unspecified atom stereocenters. The fraction of sp³-hybridized carbons (Fsp3) is 0.286. The van der Waals surface area contributed by atoms with Gasteiger partial charge in [0.15, 0.2) is 5.69 Å². The predicted molar refractivity (Wildman–Crippen MR) is 48.8 cm³/mol. The molecule has 0 fully saturated rings. The van der Waals surface area contributed by atoms with Gasteiger partial charge >= 0.3 is 6.18 Å². The van der Waals surface area contributed by atoms with Crippen LogP contribution in [0, 0.1) is 0 Å². The standard InChI is InChI=1S/C7H8F3N3.ClH/c8-7(9,10)6-4(3-11)1-2-5(12)13-6;/h1-2H,3,11H2,(H2,12,13);1H. The van der Waals surface area contributed by atoms with Crippen molar-refractivity contribution in [3.05, 3.63) is 23.4 Å². The smallest absolute Gasteiger partial charge is 0.384 e. The predicted octanol–water partition coefficient (Wildman–Crippen LogP) is 1.56. The van der Waals surface area contributed by atoms with Gasteiger partial charge in [0.05, 0.1) is 0 Å². The van der Waals surface area contributed by atoms with Crippen molar-refractivity contribution in [1.82, 2.24) is 4.98 Å². The van der Waals surface area contributed by atoms with Crippen LogP contribution in [0.25, 0.3) is 0 Å². The molecule has 4 N–H and O–H groups in total. The molecule has 0 aliphatic heterocycles. The van der Waals surface area contributed by atoms with Crippen molar-refractivity contribution >= 4 is 18.2 Å². The fourth-order valence-electron chi connectivity index (χ4n) is 0.913. The van der Waals surface area contributed by atoms with Gasteiger partial charge in [0.1, 0.15) is 5.82 Å². The molecular formula is C7H9ClF3N3. The van der Waals surface area contributed by atoms with E-state index in [-0.39, 0.29) is 30.3 Å². The lowest BCUT2D eigenvalue weighted by Crippen LogP contribution is -2.15. The Morgan fingerprint density at radius 1 is 1.29 bits per heavy atom. The summed E-state index contributed by atoms with van der Waals surface area (Å²) < 4.78 is 36.7. The number of alkyl halides is 3. The van der Waals surface area contributed by atoms with Crippen LogP contribution in [-0.2, 0) is 12.7 Å². The molecule has 14 heavy (non-hydrogen) atoms. The number of pyridine rings is 1. The van der Waals surface area contributed by atoms with Gasteiger partial charge in [-0.15, -0.1) is 12.4 Å². The Morgan fingerprint density at radius 3 is 2.29 bits per heavy atom. The molecule has 0 saturated carbocycles. The topological polar surface area (TPSA) is 64.9 Å². The molecule has 1 aromatic rings. The molecule has 0 spiro atoms. The molecule has 0 saturated heterocycles. The Morgan fingerprint density at radius 2 is 1.86 bits per heavy atom.